The Morgan fingerprint density at radius 2 is 1.81 bits per heavy atom. The van der Waals surface area contributed by atoms with Gasteiger partial charge in [0.25, 0.3) is 5.56 Å². The van der Waals surface area contributed by atoms with E-state index in [0.29, 0.717) is 18.8 Å². The zero-order valence-corrected chi connectivity index (χ0v) is 17.8. The van der Waals surface area contributed by atoms with Crippen LogP contribution in [0.5, 0.6) is 0 Å². The lowest BCUT2D eigenvalue weighted by Crippen LogP contribution is -2.60. The molecule has 2 aromatic heterocycles. The third-order valence-electron chi connectivity index (χ3n) is 5.48. The van der Waals surface area contributed by atoms with Crippen LogP contribution in [-0.4, -0.2) is 62.8 Å². The third-order valence-corrected chi connectivity index (χ3v) is 5.48. The first-order valence-electron chi connectivity index (χ1n) is 10.3. The van der Waals surface area contributed by atoms with Gasteiger partial charge in [-0.1, -0.05) is 30.3 Å². The summed E-state index contributed by atoms with van der Waals surface area (Å²) in [5.41, 5.74) is 1.03. The van der Waals surface area contributed by atoms with Crippen molar-refractivity contribution >= 4 is 5.97 Å². The average Bonchev–Trinajstić information content (AvgIpc) is 3.13. The molecule has 1 aliphatic rings. The Bertz CT molecular complexity index is 1150. The number of aromatic carboxylic acids is 1. The number of likely N-dealkylation sites (tertiary alicyclic amines) is 1. The van der Waals surface area contributed by atoms with E-state index in [1.54, 1.807) is 21.5 Å². The Hall–Kier alpha value is -3.30. The molecule has 0 aliphatic carbocycles. The van der Waals surface area contributed by atoms with Gasteiger partial charge in [-0.25, -0.2) is 9.18 Å². The first kappa shape index (κ1) is 21.9. The van der Waals surface area contributed by atoms with Gasteiger partial charge in [0.1, 0.15) is 5.56 Å². The van der Waals surface area contributed by atoms with E-state index in [2.05, 4.69) is 5.10 Å². The van der Waals surface area contributed by atoms with Gasteiger partial charge >= 0.3 is 5.97 Å². The van der Waals surface area contributed by atoms with Crippen molar-refractivity contribution in [3.8, 4) is 0 Å². The number of carboxylic acid groups (broad SMARTS) is 1. The zero-order valence-electron chi connectivity index (χ0n) is 17.8. The number of carboxylic acids is 1. The second kappa shape index (κ2) is 9.05. The van der Waals surface area contributed by atoms with E-state index in [0.717, 1.165) is 11.1 Å². The minimum atomic E-state index is -1.38. The van der Waals surface area contributed by atoms with E-state index in [9.17, 15) is 19.1 Å². The molecule has 1 saturated heterocycles. The molecule has 168 valence electrons. The van der Waals surface area contributed by atoms with Crippen molar-refractivity contribution in [1.82, 2.24) is 19.2 Å². The number of hydrogen-bond acceptors (Lipinski definition) is 5. The fraction of sp³-hybridized carbons (Fsp3) is 0.348. The van der Waals surface area contributed by atoms with Crippen LogP contribution in [0.2, 0.25) is 0 Å². The standard InChI is InChI=1S/C23H25FN4O4/c1-32-16-23(24)14-26(15-23)13-20-19(22(30)31)12-28(25-20)11-18-7-5-17(6-8-18)10-27-9-3-2-4-21(27)29/h2-9,12H,10-11,13-16H2,1H3,(H,30,31). The predicted molar refractivity (Wildman–Crippen MR) is 116 cm³/mol. The average molecular weight is 440 g/mol. The molecular formula is C23H25FN4O4. The number of ether oxygens (including phenoxy) is 1. The van der Waals surface area contributed by atoms with Crippen molar-refractivity contribution in [3.63, 3.8) is 0 Å². The van der Waals surface area contributed by atoms with Crippen LogP contribution in [0, 0.1) is 0 Å². The molecule has 1 aromatic carbocycles. The van der Waals surface area contributed by atoms with Gasteiger partial charge in [-0.15, -0.1) is 0 Å². The number of rotatable bonds is 9. The first-order chi connectivity index (χ1) is 15.3. The molecule has 1 N–H and O–H groups in total. The smallest absolute Gasteiger partial charge is 0.339 e. The Labute approximate surface area is 184 Å². The van der Waals surface area contributed by atoms with Crippen LogP contribution in [0.25, 0.3) is 0 Å². The van der Waals surface area contributed by atoms with E-state index in [4.69, 9.17) is 4.74 Å². The number of hydrogen-bond donors (Lipinski definition) is 1. The van der Waals surface area contributed by atoms with Crippen molar-refractivity contribution in [2.45, 2.75) is 25.3 Å². The zero-order chi connectivity index (χ0) is 22.7. The SMILES string of the molecule is COCC1(F)CN(Cc2nn(Cc3ccc(Cn4ccccc4=O)cc3)cc2C(=O)O)C1. The van der Waals surface area contributed by atoms with Gasteiger partial charge in [0.2, 0.25) is 0 Å². The van der Waals surface area contributed by atoms with E-state index in [1.807, 2.05) is 35.2 Å². The number of aromatic nitrogens is 3. The highest BCUT2D eigenvalue weighted by atomic mass is 19.1. The molecule has 0 radical (unpaired) electrons. The van der Waals surface area contributed by atoms with E-state index >= 15 is 0 Å². The van der Waals surface area contributed by atoms with Gasteiger partial charge in [0.15, 0.2) is 5.67 Å². The predicted octanol–water partition coefficient (Wildman–Crippen LogP) is 2.01. The maximum Gasteiger partial charge on any atom is 0.339 e. The molecule has 1 aliphatic heterocycles. The highest BCUT2D eigenvalue weighted by Gasteiger charge is 2.43. The summed E-state index contributed by atoms with van der Waals surface area (Å²) < 4.78 is 22.4. The number of halogens is 1. The molecule has 3 heterocycles. The molecule has 3 aromatic rings. The summed E-state index contributed by atoms with van der Waals surface area (Å²) in [7, 11) is 1.46. The van der Waals surface area contributed by atoms with Crippen molar-refractivity contribution in [2.75, 3.05) is 26.8 Å². The topological polar surface area (TPSA) is 89.6 Å². The van der Waals surface area contributed by atoms with Gasteiger partial charge in [-0.3, -0.25) is 14.4 Å². The van der Waals surface area contributed by atoms with E-state index in [1.165, 1.54) is 19.4 Å². The summed E-state index contributed by atoms with van der Waals surface area (Å²) >= 11 is 0. The summed E-state index contributed by atoms with van der Waals surface area (Å²) in [5, 5.41) is 14.0. The van der Waals surface area contributed by atoms with Crippen LogP contribution in [0.15, 0.2) is 59.7 Å². The monoisotopic (exact) mass is 440 g/mol. The fourth-order valence-electron chi connectivity index (χ4n) is 3.99. The molecule has 32 heavy (non-hydrogen) atoms. The van der Waals surface area contributed by atoms with Gasteiger partial charge in [0, 0.05) is 45.2 Å². The molecule has 4 rings (SSSR count). The second-order valence-corrected chi connectivity index (χ2v) is 8.20. The molecule has 0 unspecified atom stereocenters. The number of alkyl halides is 1. The number of carbonyl (C=O) groups is 1. The van der Waals surface area contributed by atoms with Crippen molar-refractivity contribution < 1.29 is 19.0 Å². The van der Waals surface area contributed by atoms with Crippen LogP contribution in [0.3, 0.4) is 0 Å². The lowest BCUT2D eigenvalue weighted by molar-refractivity contribution is -0.0811. The van der Waals surface area contributed by atoms with E-state index in [-0.39, 0.29) is 37.4 Å². The third kappa shape index (κ3) is 4.95. The Balaban J connectivity index is 1.42. The maximum atomic E-state index is 14.3. The lowest BCUT2D eigenvalue weighted by Gasteiger charge is -2.43. The number of methoxy groups -OCH3 is 1. The number of pyridine rings is 1. The second-order valence-electron chi connectivity index (χ2n) is 8.20. The Morgan fingerprint density at radius 1 is 1.12 bits per heavy atom. The molecule has 8 nitrogen and oxygen atoms in total. The first-order valence-corrected chi connectivity index (χ1v) is 10.3. The van der Waals surface area contributed by atoms with Crippen molar-refractivity contribution in [1.29, 1.82) is 0 Å². The van der Waals surface area contributed by atoms with Crippen LogP contribution < -0.4 is 5.56 Å². The highest BCUT2D eigenvalue weighted by molar-refractivity contribution is 5.88. The van der Waals surface area contributed by atoms with Gasteiger partial charge in [-0.2, -0.15) is 5.10 Å². The summed E-state index contributed by atoms with van der Waals surface area (Å²) in [4.78, 5) is 25.3. The summed E-state index contributed by atoms with van der Waals surface area (Å²) in [6, 6.07) is 12.8. The highest BCUT2D eigenvalue weighted by Crippen LogP contribution is 2.27. The molecule has 0 amide bonds. The molecular weight excluding hydrogens is 415 g/mol. The molecule has 1 fully saturated rings. The molecule has 0 spiro atoms. The van der Waals surface area contributed by atoms with E-state index < -0.39 is 11.6 Å². The quantitative estimate of drug-likeness (QED) is 0.548. The van der Waals surface area contributed by atoms with Crippen LogP contribution in [0.4, 0.5) is 4.39 Å². The van der Waals surface area contributed by atoms with Crippen LogP contribution in [0.1, 0.15) is 27.2 Å². The van der Waals surface area contributed by atoms with Gasteiger partial charge < -0.3 is 14.4 Å². The normalized spacial score (nSPS) is 15.4. The van der Waals surface area contributed by atoms with Crippen LogP contribution >= 0.6 is 0 Å². The summed E-state index contributed by atoms with van der Waals surface area (Å²) in [6.07, 6.45) is 3.25. The minimum absolute atomic E-state index is 0.0264. The maximum absolute atomic E-state index is 14.3. The van der Waals surface area contributed by atoms with Crippen LogP contribution in [-0.2, 0) is 24.4 Å². The Kier molecular flexibility index (Phi) is 6.20. The minimum Gasteiger partial charge on any atom is -0.478 e. The lowest BCUT2D eigenvalue weighted by atomic mass is 9.97. The van der Waals surface area contributed by atoms with Gasteiger partial charge in [0.05, 0.1) is 25.4 Å². The Morgan fingerprint density at radius 3 is 2.44 bits per heavy atom. The summed E-state index contributed by atoms with van der Waals surface area (Å²) in [6.45, 7) is 1.57. The van der Waals surface area contributed by atoms with Crippen molar-refractivity contribution in [2.24, 2.45) is 0 Å². The molecule has 9 heteroatoms. The van der Waals surface area contributed by atoms with Gasteiger partial charge in [-0.05, 0) is 17.2 Å². The summed E-state index contributed by atoms with van der Waals surface area (Å²) in [5.74, 6) is -1.06. The molecule has 0 atom stereocenters. The molecule has 0 saturated carbocycles. The molecule has 0 bridgehead atoms. The largest absolute Gasteiger partial charge is 0.478 e. The fourth-order valence-corrected chi connectivity index (χ4v) is 3.99. The van der Waals surface area contributed by atoms with Crippen molar-refractivity contribution in [3.05, 3.63) is 87.6 Å². The number of nitrogens with zero attached hydrogens (tertiary/aromatic N) is 4. The number of benzene rings is 1.